The molecular formula is C13H17N3. The molecule has 84 valence electrons. The number of nitrogens with zero attached hydrogens (tertiary/aromatic N) is 2. The lowest BCUT2D eigenvalue weighted by molar-refractivity contribution is 0.311. The Morgan fingerprint density at radius 3 is 2.88 bits per heavy atom. The van der Waals surface area contributed by atoms with Crippen molar-refractivity contribution in [3.63, 3.8) is 0 Å². The van der Waals surface area contributed by atoms with Crippen LogP contribution in [0.4, 0.5) is 0 Å². The van der Waals surface area contributed by atoms with E-state index in [9.17, 15) is 0 Å². The monoisotopic (exact) mass is 215 g/mol. The van der Waals surface area contributed by atoms with Gasteiger partial charge in [-0.3, -0.25) is 0 Å². The highest BCUT2D eigenvalue weighted by molar-refractivity contribution is 5.75. The highest BCUT2D eigenvalue weighted by atomic mass is 15.1. The molecule has 0 amide bonds. The third kappa shape index (κ3) is 1.52. The van der Waals surface area contributed by atoms with Crippen LogP contribution in [0.25, 0.3) is 11.0 Å². The van der Waals surface area contributed by atoms with Crippen LogP contribution in [0.15, 0.2) is 30.6 Å². The molecule has 1 aromatic heterocycles. The van der Waals surface area contributed by atoms with Gasteiger partial charge in [0.05, 0.1) is 23.4 Å². The molecule has 3 rings (SSSR count). The third-order valence-corrected chi connectivity index (χ3v) is 3.62. The first-order valence-electron chi connectivity index (χ1n) is 6.03. The molecule has 3 nitrogen and oxygen atoms in total. The first-order chi connectivity index (χ1) is 7.86. The molecule has 0 radical (unpaired) electrons. The number of rotatable bonds is 1. The number of nitrogens with two attached hydrogens (primary N) is 1. The largest absolute Gasteiger partial charge is 0.326 e. The maximum absolute atomic E-state index is 6.21. The van der Waals surface area contributed by atoms with Gasteiger partial charge in [0.25, 0.3) is 0 Å². The zero-order chi connectivity index (χ0) is 11.0. The average Bonchev–Trinajstić information content (AvgIpc) is 2.74. The number of aromatic nitrogens is 2. The summed E-state index contributed by atoms with van der Waals surface area (Å²) in [4.78, 5) is 4.44. The molecule has 0 spiro atoms. The zero-order valence-corrected chi connectivity index (χ0v) is 9.34. The van der Waals surface area contributed by atoms with E-state index in [0.29, 0.717) is 6.04 Å². The Bertz CT molecular complexity index is 489. The molecule has 1 aliphatic rings. The summed E-state index contributed by atoms with van der Waals surface area (Å²) in [7, 11) is 0. The summed E-state index contributed by atoms with van der Waals surface area (Å²) in [6.45, 7) is 0. The van der Waals surface area contributed by atoms with Gasteiger partial charge in [0.2, 0.25) is 0 Å². The van der Waals surface area contributed by atoms with Crippen LogP contribution in [-0.2, 0) is 0 Å². The highest BCUT2D eigenvalue weighted by Crippen LogP contribution is 2.29. The van der Waals surface area contributed by atoms with Gasteiger partial charge in [-0.1, -0.05) is 25.0 Å². The van der Waals surface area contributed by atoms with Crippen molar-refractivity contribution in [2.75, 3.05) is 0 Å². The van der Waals surface area contributed by atoms with Gasteiger partial charge in [0.15, 0.2) is 0 Å². The van der Waals surface area contributed by atoms with Gasteiger partial charge in [-0.05, 0) is 25.0 Å². The summed E-state index contributed by atoms with van der Waals surface area (Å²) in [5.41, 5.74) is 8.50. The molecule has 3 heteroatoms. The van der Waals surface area contributed by atoms with Gasteiger partial charge in [0.1, 0.15) is 0 Å². The maximum Gasteiger partial charge on any atom is 0.0961 e. The van der Waals surface area contributed by atoms with E-state index in [2.05, 4.69) is 27.8 Å². The normalized spacial score (nSPS) is 26.1. The van der Waals surface area contributed by atoms with Crippen molar-refractivity contribution in [2.45, 2.75) is 37.8 Å². The van der Waals surface area contributed by atoms with Crippen molar-refractivity contribution < 1.29 is 0 Å². The van der Waals surface area contributed by atoms with Gasteiger partial charge in [0, 0.05) is 6.04 Å². The summed E-state index contributed by atoms with van der Waals surface area (Å²) in [6.07, 6.45) is 6.81. The first kappa shape index (κ1) is 9.85. The Morgan fingerprint density at radius 1 is 1.19 bits per heavy atom. The van der Waals surface area contributed by atoms with Crippen molar-refractivity contribution in [1.29, 1.82) is 0 Å². The molecule has 1 aromatic carbocycles. The molecule has 2 aromatic rings. The predicted octanol–water partition coefficient (Wildman–Crippen LogP) is 2.48. The van der Waals surface area contributed by atoms with E-state index in [1.54, 1.807) is 0 Å². The van der Waals surface area contributed by atoms with Gasteiger partial charge in [-0.2, -0.15) is 0 Å². The van der Waals surface area contributed by atoms with Crippen molar-refractivity contribution in [3.05, 3.63) is 30.6 Å². The second-order valence-electron chi connectivity index (χ2n) is 4.66. The first-order valence-corrected chi connectivity index (χ1v) is 6.03. The van der Waals surface area contributed by atoms with Crippen LogP contribution in [0.3, 0.4) is 0 Å². The van der Waals surface area contributed by atoms with E-state index in [4.69, 9.17) is 5.73 Å². The van der Waals surface area contributed by atoms with E-state index >= 15 is 0 Å². The number of fused-ring (bicyclic) bond motifs is 1. The van der Waals surface area contributed by atoms with Crippen molar-refractivity contribution in [1.82, 2.24) is 9.55 Å². The lowest BCUT2D eigenvalue weighted by atomic mass is 9.91. The highest BCUT2D eigenvalue weighted by Gasteiger charge is 2.24. The summed E-state index contributed by atoms with van der Waals surface area (Å²) in [6, 6.07) is 8.99. The quantitative estimate of drug-likeness (QED) is 0.794. The molecule has 1 fully saturated rings. The van der Waals surface area contributed by atoms with E-state index < -0.39 is 0 Å². The lowest BCUT2D eigenvalue weighted by Crippen LogP contribution is -2.34. The van der Waals surface area contributed by atoms with Crippen LogP contribution in [0.1, 0.15) is 31.7 Å². The van der Waals surface area contributed by atoms with Crippen molar-refractivity contribution >= 4 is 11.0 Å². The van der Waals surface area contributed by atoms with Crippen LogP contribution in [0.5, 0.6) is 0 Å². The van der Waals surface area contributed by atoms with Gasteiger partial charge >= 0.3 is 0 Å². The Morgan fingerprint density at radius 2 is 2.00 bits per heavy atom. The number of benzene rings is 1. The number of hydrogen-bond acceptors (Lipinski definition) is 2. The molecule has 2 N–H and O–H groups in total. The second kappa shape index (κ2) is 3.91. The number of para-hydroxylation sites is 2. The van der Waals surface area contributed by atoms with Gasteiger partial charge in [-0.15, -0.1) is 0 Å². The third-order valence-electron chi connectivity index (χ3n) is 3.62. The molecule has 0 saturated heterocycles. The summed E-state index contributed by atoms with van der Waals surface area (Å²) >= 11 is 0. The van der Waals surface area contributed by atoms with Gasteiger partial charge < -0.3 is 10.3 Å². The zero-order valence-electron chi connectivity index (χ0n) is 9.34. The fourth-order valence-electron chi connectivity index (χ4n) is 2.73. The Balaban J connectivity index is 2.04. The molecule has 0 bridgehead atoms. The van der Waals surface area contributed by atoms with E-state index in [0.717, 1.165) is 11.9 Å². The molecule has 2 unspecified atom stereocenters. The Kier molecular flexibility index (Phi) is 2.40. The minimum absolute atomic E-state index is 0.284. The van der Waals surface area contributed by atoms with E-state index in [1.165, 1.54) is 24.8 Å². The topological polar surface area (TPSA) is 43.8 Å². The Labute approximate surface area is 95.3 Å². The van der Waals surface area contributed by atoms with Crippen LogP contribution in [0, 0.1) is 0 Å². The smallest absolute Gasteiger partial charge is 0.0961 e. The predicted molar refractivity (Wildman–Crippen MR) is 65.2 cm³/mol. The van der Waals surface area contributed by atoms with Crippen LogP contribution in [-0.4, -0.2) is 15.6 Å². The fourth-order valence-corrected chi connectivity index (χ4v) is 2.73. The minimum Gasteiger partial charge on any atom is -0.326 e. The minimum atomic E-state index is 0.284. The molecule has 16 heavy (non-hydrogen) atoms. The summed E-state index contributed by atoms with van der Waals surface area (Å²) < 4.78 is 2.26. The van der Waals surface area contributed by atoms with Crippen molar-refractivity contribution in [3.8, 4) is 0 Å². The average molecular weight is 215 g/mol. The van der Waals surface area contributed by atoms with Crippen LogP contribution in [0.2, 0.25) is 0 Å². The number of hydrogen-bond donors (Lipinski definition) is 1. The maximum atomic E-state index is 6.21. The summed E-state index contributed by atoms with van der Waals surface area (Å²) in [5, 5.41) is 0. The van der Waals surface area contributed by atoms with Crippen LogP contribution < -0.4 is 5.73 Å². The SMILES string of the molecule is NC1CCCCC1n1cnc2ccccc21. The fraction of sp³-hybridized carbons (Fsp3) is 0.462. The standard InChI is InChI=1S/C13H17N3/c14-10-5-1-3-7-12(10)16-9-15-11-6-2-4-8-13(11)16/h2,4,6,8-10,12H,1,3,5,7,14H2. The molecule has 1 saturated carbocycles. The molecule has 2 atom stereocenters. The van der Waals surface area contributed by atoms with Crippen LogP contribution >= 0.6 is 0 Å². The van der Waals surface area contributed by atoms with Gasteiger partial charge in [-0.25, -0.2) is 4.98 Å². The van der Waals surface area contributed by atoms with Crippen molar-refractivity contribution in [2.24, 2.45) is 5.73 Å². The van der Waals surface area contributed by atoms with E-state index in [-0.39, 0.29) is 6.04 Å². The van der Waals surface area contributed by atoms with E-state index in [1.807, 2.05) is 12.4 Å². The second-order valence-corrected chi connectivity index (χ2v) is 4.66. The molecule has 0 aliphatic heterocycles. The number of imidazole rings is 1. The molecule has 1 aliphatic carbocycles. The molecular weight excluding hydrogens is 198 g/mol. The molecule has 1 heterocycles. The lowest BCUT2D eigenvalue weighted by Gasteiger charge is -2.30. The summed E-state index contributed by atoms with van der Waals surface area (Å²) in [5.74, 6) is 0. The Hall–Kier alpha value is -1.35.